The van der Waals surface area contributed by atoms with Gasteiger partial charge in [0.25, 0.3) is 0 Å². The Hall–Kier alpha value is -3.29. The van der Waals surface area contributed by atoms with Crippen molar-refractivity contribution in [2.24, 2.45) is 0 Å². The molecule has 0 aliphatic carbocycles. The summed E-state index contributed by atoms with van der Waals surface area (Å²) in [4.78, 5) is 38.0. The molecule has 2 heterocycles. The fourth-order valence-electron chi connectivity index (χ4n) is 2.92. The third kappa shape index (κ3) is 3.14. The van der Waals surface area contributed by atoms with Crippen LogP contribution in [0.25, 0.3) is 0 Å². The third-order valence-electron chi connectivity index (χ3n) is 4.22. The quantitative estimate of drug-likeness (QED) is 0.578. The summed E-state index contributed by atoms with van der Waals surface area (Å²) in [6.07, 6.45) is 1.30. The van der Waals surface area contributed by atoms with E-state index in [1.807, 2.05) is 0 Å². The normalized spacial score (nSPS) is 14.9. The van der Waals surface area contributed by atoms with Crippen molar-refractivity contribution >= 4 is 11.8 Å². The summed E-state index contributed by atoms with van der Waals surface area (Å²) in [6, 6.07) is 2.78. The molecular formula is C19H18O8. The molecule has 0 N–H and O–H groups in total. The molecule has 142 valence electrons. The van der Waals surface area contributed by atoms with Crippen LogP contribution in [-0.2, 0) is 11.2 Å². The van der Waals surface area contributed by atoms with Gasteiger partial charge in [-0.25, -0.2) is 4.79 Å². The van der Waals surface area contributed by atoms with Gasteiger partial charge < -0.3 is 23.4 Å². The first-order valence-corrected chi connectivity index (χ1v) is 8.11. The lowest BCUT2D eigenvalue weighted by Gasteiger charge is -2.14. The number of methoxy groups -OCH3 is 3. The van der Waals surface area contributed by atoms with Crippen LogP contribution in [0.1, 0.15) is 39.0 Å². The van der Waals surface area contributed by atoms with E-state index in [-0.39, 0.29) is 34.3 Å². The second-order valence-electron chi connectivity index (χ2n) is 5.94. The smallest absolute Gasteiger partial charge is 0.338 e. The maximum absolute atomic E-state index is 13.1. The van der Waals surface area contributed by atoms with Crippen LogP contribution >= 0.6 is 0 Å². The number of fused-ring (bicyclic) bond motifs is 1. The van der Waals surface area contributed by atoms with E-state index in [1.54, 1.807) is 6.92 Å². The molecule has 0 unspecified atom stereocenters. The van der Waals surface area contributed by atoms with Gasteiger partial charge in [0.2, 0.25) is 17.0 Å². The molecule has 0 bridgehead atoms. The molecule has 0 spiro atoms. The van der Waals surface area contributed by atoms with Crippen molar-refractivity contribution < 1.29 is 33.0 Å². The zero-order valence-corrected chi connectivity index (χ0v) is 15.3. The molecule has 1 aliphatic heterocycles. The van der Waals surface area contributed by atoms with Gasteiger partial charge in [0, 0.05) is 12.5 Å². The highest BCUT2D eigenvalue weighted by Gasteiger charge is 2.31. The van der Waals surface area contributed by atoms with Gasteiger partial charge in [0.15, 0.2) is 5.76 Å². The first-order chi connectivity index (χ1) is 12.9. The van der Waals surface area contributed by atoms with E-state index in [0.717, 1.165) is 6.26 Å². The number of hydrogen-bond donors (Lipinski definition) is 0. The molecular weight excluding hydrogens is 356 g/mol. The van der Waals surface area contributed by atoms with E-state index in [0.29, 0.717) is 17.9 Å². The molecule has 1 aromatic heterocycles. The number of ketones is 1. The van der Waals surface area contributed by atoms with Gasteiger partial charge in [-0.3, -0.25) is 9.59 Å². The van der Waals surface area contributed by atoms with Crippen molar-refractivity contribution in [2.75, 3.05) is 21.3 Å². The van der Waals surface area contributed by atoms with Gasteiger partial charge in [-0.15, -0.1) is 0 Å². The van der Waals surface area contributed by atoms with Crippen LogP contribution in [-0.4, -0.2) is 39.2 Å². The van der Waals surface area contributed by atoms with Crippen LogP contribution in [0.3, 0.4) is 0 Å². The molecule has 0 fully saturated rings. The van der Waals surface area contributed by atoms with Gasteiger partial charge in [-0.05, 0) is 13.0 Å². The Morgan fingerprint density at radius 1 is 1.11 bits per heavy atom. The molecule has 0 saturated carbocycles. The van der Waals surface area contributed by atoms with Crippen LogP contribution in [0.15, 0.2) is 27.6 Å². The molecule has 2 aromatic rings. The lowest BCUT2D eigenvalue weighted by Crippen LogP contribution is -2.21. The van der Waals surface area contributed by atoms with E-state index >= 15 is 0 Å². The summed E-state index contributed by atoms with van der Waals surface area (Å²) >= 11 is 0. The van der Waals surface area contributed by atoms with E-state index < -0.39 is 17.2 Å². The predicted octanol–water partition coefficient (Wildman–Crippen LogP) is 2.00. The van der Waals surface area contributed by atoms with Crippen LogP contribution in [0, 0.1) is 0 Å². The monoisotopic (exact) mass is 374 g/mol. The minimum atomic E-state index is -0.772. The number of rotatable bonds is 5. The Balaban J connectivity index is 2.19. The Morgan fingerprint density at radius 2 is 1.85 bits per heavy atom. The number of carbonyl (C=O) groups excluding carboxylic acids is 2. The molecule has 0 radical (unpaired) electrons. The zero-order valence-electron chi connectivity index (χ0n) is 15.3. The average Bonchev–Trinajstić information content (AvgIpc) is 3.07. The molecule has 8 nitrogen and oxygen atoms in total. The number of carbonyl (C=O) groups is 2. The van der Waals surface area contributed by atoms with Gasteiger partial charge in [0.05, 0.1) is 32.5 Å². The molecule has 3 rings (SSSR count). The molecule has 1 aromatic carbocycles. The van der Waals surface area contributed by atoms with E-state index in [4.69, 9.17) is 23.4 Å². The molecule has 0 saturated heterocycles. The lowest BCUT2D eigenvalue weighted by atomic mass is 9.97. The van der Waals surface area contributed by atoms with Gasteiger partial charge >= 0.3 is 5.97 Å². The summed E-state index contributed by atoms with van der Waals surface area (Å²) in [5.41, 5.74) is -1.08. The average molecular weight is 374 g/mol. The topological polar surface area (TPSA) is 101 Å². The largest absolute Gasteiger partial charge is 0.497 e. The van der Waals surface area contributed by atoms with Gasteiger partial charge in [-0.1, -0.05) is 0 Å². The fourth-order valence-corrected chi connectivity index (χ4v) is 2.92. The number of hydrogen-bond acceptors (Lipinski definition) is 8. The molecule has 0 amide bonds. The van der Waals surface area contributed by atoms with Crippen LogP contribution in [0.4, 0.5) is 0 Å². The molecule has 1 aliphatic rings. The zero-order chi connectivity index (χ0) is 19.7. The van der Waals surface area contributed by atoms with Crippen molar-refractivity contribution in [2.45, 2.75) is 19.4 Å². The number of ether oxygens (including phenoxy) is 4. The summed E-state index contributed by atoms with van der Waals surface area (Å²) in [7, 11) is 3.93. The SMILES string of the molecule is COC(=O)c1cc(OC)cc(OC)c1C(=O)c1coc2c(c1=O)O[C@H](C)C2. The minimum Gasteiger partial charge on any atom is -0.497 e. The Morgan fingerprint density at radius 3 is 2.48 bits per heavy atom. The van der Waals surface area contributed by atoms with Crippen molar-refractivity contribution in [3.8, 4) is 17.2 Å². The van der Waals surface area contributed by atoms with Gasteiger partial charge in [-0.2, -0.15) is 0 Å². The summed E-state index contributed by atoms with van der Waals surface area (Å²) in [5, 5.41) is 0. The summed E-state index contributed by atoms with van der Waals surface area (Å²) < 4.78 is 26.0. The lowest BCUT2D eigenvalue weighted by molar-refractivity contribution is 0.0596. The van der Waals surface area contributed by atoms with Crippen LogP contribution in [0.2, 0.25) is 0 Å². The first-order valence-electron chi connectivity index (χ1n) is 8.11. The molecule has 8 heteroatoms. The molecule has 1 atom stereocenters. The van der Waals surface area contributed by atoms with E-state index in [1.165, 1.54) is 33.5 Å². The van der Waals surface area contributed by atoms with Crippen molar-refractivity contribution in [3.05, 3.63) is 51.1 Å². The Bertz CT molecular complexity index is 972. The highest BCUT2D eigenvalue weighted by Crippen LogP contribution is 2.32. The second-order valence-corrected chi connectivity index (χ2v) is 5.94. The molecule has 27 heavy (non-hydrogen) atoms. The highest BCUT2D eigenvalue weighted by atomic mass is 16.5. The fraction of sp³-hybridized carbons (Fsp3) is 0.316. The Labute approximate surface area is 154 Å². The summed E-state index contributed by atoms with van der Waals surface area (Å²) in [6.45, 7) is 1.79. The maximum Gasteiger partial charge on any atom is 0.338 e. The Kier molecular flexibility index (Phi) is 4.89. The van der Waals surface area contributed by atoms with Crippen molar-refractivity contribution in [1.29, 1.82) is 0 Å². The minimum absolute atomic E-state index is 0.0143. The number of esters is 1. The standard InChI is InChI=1S/C19H18O8/c1-9-5-14-18(27-9)17(21)12(8-26-14)16(20)15-11(19(22)25-4)6-10(23-2)7-13(15)24-3/h6-9H,5H2,1-4H3/t9-/m1/s1. The maximum atomic E-state index is 13.1. The first kappa shape index (κ1) is 18.5. The van der Waals surface area contributed by atoms with Crippen molar-refractivity contribution in [3.63, 3.8) is 0 Å². The second kappa shape index (κ2) is 7.14. The third-order valence-corrected chi connectivity index (χ3v) is 4.22. The van der Waals surface area contributed by atoms with Crippen molar-refractivity contribution in [1.82, 2.24) is 0 Å². The van der Waals surface area contributed by atoms with E-state index in [2.05, 4.69) is 0 Å². The van der Waals surface area contributed by atoms with Crippen LogP contribution < -0.4 is 19.6 Å². The van der Waals surface area contributed by atoms with E-state index in [9.17, 15) is 14.4 Å². The number of benzene rings is 1. The predicted molar refractivity (Wildman–Crippen MR) is 93.1 cm³/mol. The van der Waals surface area contributed by atoms with Gasteiger partial charge in [0.1, 0.15) is 29.4 Å². The highest BCUT2D eigenvalue weighted by molar-refractivity contribution is 6.16. The summed E-state index contributed by atoms with van der Waals surface area (Å²) in [5.74, 6) is -0.754. The van der Waals surface area contributed by atoms with Crippen LogP contribution in [0.5, 0.6) is 17.2 Å².